The van der Waals surface area contributed by atoms with Gasteiger partial charge in [0.15, 0.2) is 0 Å². The SMILES string of the molecule is NC(=O)N1CCCCC[C@@H]1C1CCN(c2nccc(C(F)(F)F)n2)CC1. The summed E-state index contributed by atoms with van der Waals surface area (Å²) < 4.78 is 38.5. The van der Waals surface area contributed by atoms with Crippen LogP contribution in [0.1, 0.15) is 44.2 Å². The molecule has 0 aliphatic carbocycles. The molecule has 2 saturated heterocycles. The highest BCUT2D eigenvalue weighted by molar-refractivity contribution is 5.72. The van der Waals surface area contributed by atoms with E-state index >= 15 is 0 Å². The van der Waals surface area contributed by atoms with Crippen molar-refractivity contribution in [1.82, 2.24) is 14.9 Å². The van der Waals surface area contributed by atoms with Gasteiger partial charge in [-0.25, -0.2) is 14.8 Å². The minimum atomic E-state index is -4.47. The summed E-state index contributed by atoms with van der Waals surface area (Å²) in [6, 6.07) is 0.632. The summed E-state index contributed by atoms with van der Waals surface area (Å²) in [5.74, 6) is 0.425. The normalized spacial score (nSPS) is 23.0. The van der Waals surface area contributed by atoms with Crippen molar-refractivity contribution in [3.63, 3.8) is 0 Å². The Balaban J connectivity index is 1.66. The lowest BCUT2D eigenvalue weighted by Gasteiger charge is -2.40. The average Bonchev–Trinajstić information content (AvgIpc) is 2.87. The molecule has 2 amide bonds. The lowest BCUT2D eigenvalue weighted by Crippen LogP contribution is -2.49. The van der Waals surface area contributed by atoms with Crippen molar-refractivity contribution in [1.29, 1.82) is 0 Å². The van der Waals surface area contributed by atoms with Gasteiger partial charge >= 0.3 is 12.2 Å². The molecule has 0 unspecified atom stereocenters. The second-order valence-corrected chi connectivity index (χ2v) is 7.01. The zero-order valence-electron chi connectivity index (χ0n) is 14.6. The van der Waals surface area contributed by atoms with Crippen LogP contribution in [0.5, 0.6) is 0 Å². The average molecular weight is 371 g/mol. The zero-order chi connectivity index (χ0) is 18.7. The van der Waals surface area contributed by atoms with E-state index in [-0.39, 0.29) is 18.0 Å². The molecule has 2 fully saturated rings. The van der Waals surface area contributed by atoms with Crippen molar-refractivity contribution >= 4 is 12.0 Å². The molecule has 2 aliphatic rings. The summed E-state index contributed by atoms with van der Waals surface area (Å²) in [7, 11) is 0. The van der Waals surface area contributed by atoms with Crippen molar-refractivity contribution < 1.29 is 18.0 Å². The van der Waals surface area contributed by atoms with Crippen molar-refractivity contribution in [2.24, 2.45) is 11.7 Å². The molecule has 144 valence electrons. The molecule has 6 nitrogen and oxygen atoms in total. The number of amides is 2. The van der Waals surface area contributed by atoms with E-state index in [4.69, 9.17) is 5.73 Å². The Hall–Kier alpha value is -2.06. The first-order valence-corrected chi connectivity index (χ1v) is 9.07. The molecule has 0 aromatic carbocycles. The number of alkyl halides is 3. The molecule has 1 atom stereocenters. The van der Waals surface area contributed by atoms with Gasteiger partial charge < -0.3 is 15.5 Å². The van der Waals surface area contributed by atoms with E-state index in [1.807, 2.05) is 0 Å². The fraction of sp³-hybridized carbons (Fsp3) is 0.706. The van der Waals surface area contributed by atoms with Crippen molar-refractivity contribution in [2.45, 2.75) is 50.7 Å². The maximum absolute atomic E-state index is 12.8. The topological polar surface area (TPSA) is 75.4 Å². The molecule has 1 aromatic rings. The van der Waals surface area contributed by atoms with Crippen LogP contribution in [0.15, 0.2) is 12.3 Å². The van der Waals surface area contributed by atoms with E-state index in [2.05, 4.69) is 9.97 Å². The second-order valence-electron chi connectivity index (χ2n) is 7.01. The molecule has 0 saturated carbocycles. The Labute approximate surface area is 150 Å². The predicted octanol–water partition coefficient (Wildman–Crippen LogP) is 3.04. The van der Waals surface area contributed by atoms with Gasteiger partial charge in [0.1, 0.15) is 5.69 Å². The van der Waals surface area contributed by atoms with Gasteiger partial charge in [-0.05, 0) is 37.7 Å². The summed E-state index contributed by atoms with van der Waals surface area (Å²) in [6.07, 6.45) is 2.32. The maximum atomic E-state index is 12.8. The molecule has 3 rings (SSSR count). The monoisotopic (exact) mass is 371 g/mol. The number of piperidine rings is 1. The number of hydrogen-bond donors (Lipinski definition) is 1. The van der Waals surface area contributed by atoms with E-state index in [0.29, 0.717) is 25.6 Å². The number of aromatic nitrogens is 2. The predicted molar refractivity (Wildman–Crippen MR) is 90.5 cm³/mol. The number of halogens is 3. The number of rotatable bonds is 2. The Morgan fingerprint density at radius 2 is 1.85 bits per heavy atom. The molecule has 0 bridgehead atoms. The highest BCUT2D eigenvalue weighted by Crippen LogP contribution is 2.32. The highest BCUT2D eigenvalue weighted by atomic mass is 19.4. The van der Waals surface area contributed by atoms with Crippen LogP contribution >= 0.6 is 0 Å². The molecule has 26 heavy (non-hydrogen) atoms. The molecule has 0 radical (unpaired) electrons. The van der Waals surface area contributed by atoms with Crippen LogP contribution in [-0.2, 0) is 6.18 Å². The number of carbonyl (C=O) groups excluding carboxylic acids is 1. The van der Waals surface area contributed by atoms with Gasteiger partial charge in [-0.2, -0.15) is 13.2 Å². The number of urea groups is 1. The quantitative estimate of drug-likeness (QED) is 0.867. The van der Waals surface area contributed by atoms with Gasteiger partial charge in [0.2, 0.25) is 5.95 Å². The molecule has 9 heteroatoms. The van der Waals surface area contributed by atoms with Crippen LogP contribution in [0.4, 0.5) is 23.9 Å². The van der Waals surface area contributed by atoms with Crippen molar-refractivity contribution in [3.8, 4) is 0 Å². The Kier molecular flexibility index (Phi) is 5.52. The third-order valence-corrected chi connectivity index (χ3v) is 5.38. The first kappa shape index (κ1) is 18.7. The third-order valence-electron chi connectivity index (χ3n) is 5.38. The summed E-state index contributed by atoms with van der Waals surface area (Å²) in [5, 5.41) is 0. The van der Waals surface area contributed by atoms with Crippen LogP contribution in [0.2, 0.25) is 0 Å². The fourth-order valence-corrected chi connectivity index (χ4v) is 4.04. The van der Waals surface area contributed by atoms with Gasteiger partial charge in [0.25, 0.3) is 0 Å². The molecular formula is C17H24F3N5O. The second kappa shape index (κ2) is 7.67. The molecule has 2 N–H and O–H groups in total. The van der Waals surface area contributed by atoms with Crippen molar-refractivity contribution in [3.05, 3.63) is 18.0 Å². The summed E-state index contributed by atoms with van der Waals surface area (Å²) in [4.78, 5) is 23.0. The Morgan fingerprint density at radius 3 is 2.50 bits per heavy atom. The minimum absolute atomic E-state index is 0.117. The number of anilines is 1. The smallest absolute Gasteiger partial charge is 0.351 e. The maximum Gasteiger partial charge on any atom is 0.433 e. The van der Waals surface area contributed by atoms with Crippen LogP contribution in [0.3, 0.4) is 0 Å². The van der Waals surface area contributed by atoms with Gasteiger partial charge in [0, 0.05) is 31.9 Å². The number of carbonyl (C=O) groups is 1. The zero-order valence-corrected chi connectivity index (χ0v) is 14.6. The number of primary amides is 1. The first-order valence-electron chi connectivity index (χ1n) is 9.07. The Bertz CT molecular complexity index is 631. The van der Waals surface area contributed by atoms with E-state index in [1.165, 1.54) is 0 Å². The lowest BCUT2D eigenvalue weighted by atomic mass is 9.86. The lowest BCUT2D eigenvalue weighted by molar-refractivity contribution is -0.141. The number of nitrogens with zero attached hydrogens (tertiary/aromatic N) is 4. The highest BCUT2D eigenvalue weighted by Gasteiger charge is 2.35. The van der Waals surface area contributed by atoms with E-state index in [0.717, 1.165) is 50.8 Å². The summed E-state index contributed by atoms with van der Waals surface area (Å²) >= 11 is 0. The molecular weight excluding hydrogens is 347 g/mol. The van der Waals surface area contributed by atoms with Crippen LogP contribution in [0.25, 0.3) is 0 Å². The standard InChI is InChI=1S/C17H24F3N5O/c18-17(19,20)14-5-8-22-16(23-14)24-10-6-12(7-11-24)13-4-2-1-3-9-25(13)15(21)26/h5,8,12-13H,1-4,6-7,9-11H2,(H2,21,26)/t13-/m1/s1. The van der Waals surface area contributed by atoms with E-state index < -0.39 is 11.9 Å². The molecule has 3 heterocycles. The number of nitrogens with two attached hydrogens (primary N) is 1. The van der Waals surface area contributed by atoms with E-state index in [9.17, 15) is 18.0 Å². The van der Waals surface area contributed by atoms with Crippen LogP contribution in [-0.4, -0.2) is 46.6 Å². The van der Waals surface area contributed by atoms with Gasteiger partial charge in [-0.1, -0.05) is 12.8 Å². The van der Waals surface area contributed by atoms with Crippen LogP contribution < -0.4 is 10.6 Å². The number of likely N-dealkylation sites (tertiary alicyclic amines) is 1. The summed E-state index contributed by atoms with van der Waals surface area (Å²) in [5.41, 5.74) is 4.64. The van der Waals surface area contributed by atoms with Crippen LogP contribution in [0, 0.1) is 5.92 Å². The number of hydrogen-bond acceptors (Lipinski definition) is 4. The van der Waals surface area contributed by atoms with E-state index in [1.54, 1.807) is 9.80 Å². The van der Waals surface area contributed by atoms with Crippen molar-refractivity contribution in [2.75, 3.05) is 24.5 Å². The van der Waals surface area contributed by atoms with Gasteiger partial charge in [-0.15, -0.1) is 0 Å². The molecule has 0 spiro atoms. The fourth-order valence-electron chi connectivity index (χ4n) is 4.04. The minimum Gasteiger partial charge on any atom is -0.351 e. The first-order chi connectivity index (χ1) is 12.4. The largest absolute Gasteiger partial charge is 0.433 e. The molecule has 2 aliphatic heterocycles. The van der Waals surface area contributed by atoms with Gasteiger partial charge in [-0.3, -0.25) is 0 Å². The summed E-state index contributed by atoms with van der Waals surface area (Å²) in [6.45, 7) is 1.85. The third kappa shape index (κ3) is 4.19. The Morgan fingerprint density at radius 1 is 1.12 bits per heavy atom. The molecule has 1 aromatic heterocycles. The van der Waals surface area contributed by atoms with Gasteiger partial charge in [0.05, 0.1) is 0 Å².